The first-order chi connectivity index (χ1) is 9.22. The number of nitrogens with zero attached hydrogens (tertiary/aromatic N) is 1. The van der Waals surface area contributed by atoms with Crippen LogP contribution in [0.1, 0.15) is 37.6 Å². The van der Waals surface area contributed by atoms with E-state index in [1.54, 1.807) is 0 Å². The third kappa shape index (κ3) is 4.14. The number of thioether (sulfide) groups is 2. The zero-order valence-corrected chi connectivity index (χ0v) is 13.7. The Kier molecular flexibility index (Phi) is 6.05. The smallest absolute Gasteiger partial charge is 0.0466 e. The van der Waals surface area contributed by atoms with Crippen LogP contribution in [-0.2, 0) is 0 Å². The number of hydrogen-bond acceptors (Lipinski definition) is 4. The number of aromatic nitrogens is 1. The largest absolute Gasteiger partial charge is 0.309 e. The summed E-state index contributed by atoms with van der Waals surface area (Å²) >= 11 is 4.22. The lowest BCUT2D eigenvalue weighted by Gasteiger charge is -2.35. The number of aryl methyl sites for hydroxylation is 1. The highest BCUT2D eigenvalue weighted by Gasteiger charge is 2.31. The van der Waals surface area contributed by atoms with Gasteiger partial charge >= 0.3 is 0 Å². The van der Waals surface area contributed by atoms with Crippen molar-refractivity contribution in [3.05, 3.63) is 29.6 Å². The summed E-state index contributed by atoms with van der Waals surface area (Å²) in [6, 6.07) is 4.80. The van der Waals surface area contributed by atoms with Crippen LogP contribution in [0.15, 0.2) is 18.3 Å². The first kappa shape index (κ1) is 15.2. The summed E-state index contributed by atoms with van der Waals surface area (Å²) in [5.74, 6) is 2.55. The van der Waals surface area contributed by atoms with Crippen molar-refractivity contribution in [2.75, 3.05) is 18.1 Å². The average Bonchev–Trinajstić information content (AvgIpc) is 2.43. The second-order valence-electron chi connectivity index (χ2n) is 5.08. The maximum atomic E-state index is 4.47. The molecule has 1 aliphatic rings. The van der Waals surface area contributed by atoms with E-state index in [0.717, 1.165) is 12.2 Å². The maximum absolute atomic E-state index is 4.47. The van der Waals surface area contributed by atoms with Gasteiger partial charge in [0.25, 0.3) is 0 Å². The fraction of sp³-hybridized carbons (Fsp3) is 0.667. The summed E-state index contributed by atoms with van der Waals surface area (Å²) in [7, 11) is 0. The van der Waals surface area contributed by atoms with Gasteiger partial charge in [0, 0.05) is 39.9 Å². The minimum absolute atomic E-state index is 0.431. The van der Waals surface area contributed by atoms with Crippen molar-refractivity contribution in [3.8, 4) is 0 Å². The fourth-order valence-corrected chi connectivity index (χ4v) is 5.35. The van der Waals surface area contributed by atoms with Crippen molar-refractivity contribution in [2.24, 2.45) is 0 Å². The molecule has 0 saturated carbocycles. The second kappa shape index (κ2) is 7.55. The zero-order chi connectivity index (χ0) is 13.7. The Balaban J connectivity index is 2.16. The number of rotatable bonds is 5. The predicted molar refractivity (Wildman–Crippen MR) is 88.2 cm³/mol. The summed E-state index contributed by atoms with van der Waals surface area (Å²) in [5, 5.41) is 5.08. The summed E-state index contributed by atoms with van der Waals surface area (Å²) in [6.07, 6.45) is 3.23. The van der Waals surface area contributed by atoms with Gasteiger partial charge in [0.05, 0.1) is 0 Å². The van der Waals surface area contributed by atoms with E-state index in [1.807, 2.05) is 6.92 Å². The van der Waals surface area contributed by atoms with Crippen molar-refractivity contribution < 1.29 is 0 Å². The summed E-state index contributed by atoms with van der Waals surface area (Å²) < 4.78 is 0. The van der Waals surface area contributed by atoms with Gasteiger partial charge in [-0.3, -0.25) is 4.98 Å². The molecule has 2 heterocycles. The van der Waals surface area contributed by atoms with Gasteiger partial charge < -0.3 is 5.32 Å². The Morgan fingerprint density at radius 1 is 1.37 bits per heavy atom. The Bertz CT molecular complexity index is 380. The molecule has 1 aromatic heterocycles. The molecule has 0 amide bonds. The SMILES string of the molecule is CCCNC(c1ccc(C)nc1)C1SCCSC1C. The molecule has 19 heavy (non-hydrogen) atoms. The molecule has 1 fully saturated rings. The molecular formula is C15H24N2S2. The average molecular weight is 297 g/mol. The minimum atomic E-state index is 0.431. The van der Waals surface area contributed by atoms with Gasteiger partial charge in [-0.05, 0) is 31.5 Å². The van der Waals surface area contributed by atoms with E-state index in [4.69, 9.17) is 0 Å². The molecule has 0 radical (unpaired) electrons. The third-order valence-corrected chi connectivity index (χ3v) is 6.67. The van der Waals surface area contributed by atoms with E-state index in [2.05, 4.69) is 66.0 Å². The van der Waals surface area contributed by atoms with Crippen LogP contribution in [-0.4, -0.2) is 33.5 Å². The normalized spacial score (nSPS) is 25.2. The zero-order valence-electron chi connectivity index (χ0n) is 12.1. The van der Waals surface area contributed by atoms with Crippen LogP contribution < -0.4 is 5.32 Å². The van der Waals surface area contributed by atoms with Crippen LogP contribution in [0.5, 0.6) is 0 Å². The molecule has 1 saturated heterocycles. The molecule has 106 valence electrons. The van der Waals surface area contributed by atoms with Crippen LogP contribution in [0, 0.1) is 6.92 Å². The van der Waals surface area contributed by atoms with Gasteiger partial charge in [-0.2, -0.15) is 23.5 Å². The Morgan fingerprint density at radius 3 is 2.79 bits per heavy atom. The molecule has 3 unspecified atom stereocenters. The van der Waals surface area contributed by atoms with Crippen molar-refractivity contribution in [1.82, 2.24) is 10.3 Å². The molecule has 1 N–H and O–H groups in total. The molecule has 2 nitrogen and oxygen atoms in total. The van der Waals surface area contributed by atoms with Gasteiger partial charge in [-0.25, -0.2) is 0 Å². The summed E-state index contributed by atoms with van der Waals surface area (Å²) in [6.45, 7) is 7.71. The molecule has 1 aromatic rings. The van der Waals surface area contributed by atoms with E-state index < -0.39 is 0 Å². The van der Waals surface area contributed by atoms with Gasteiger partial charge in [-0.1, -0.05) is 19.9 Å². The number of pyridine rings is 1. The molecule has 0 spiro atoms. The van der Waals surface area contributed by atoms with Crippen molar-refractivity contribution >= 4 is 23.5 Å². The molecule has 4 heteroatoms. The van der Waals surface area contributed by atoms with E-state index in [0.29, 0.717) is 16.5 Å². The van der Waals surface area contributed by atoms with Crippen molar-refractivity contribution in [3.63, 3.8) is 0 Å². The Labute approximate surface area is 125 Å². The molecule has 2 rings (SSSR count). The quantitative estimate of drug-likeness (QED) is 0.896. The lowest BCUT2D eigenvalue weighted by atomic mass is 10.0. The van der Waals surface area contributed by atoms with E-state index in [9.17, 15) is 0 Å². The minimum Gasteiger partial charge on any atom is -0.309 e. The van der Waals surface area contributed by atoms with Gasteiger partial charge in [0.15, 0.2) is 0 Å². The van der Waals surface area contributed by atoms with Crippen molar-refractivity contribution in [1.29, 1.82) is 0 Å². The first-order valence-corrected chi connectivity index (χ1v) is 9.21. The molecule has 0 aliphatic carbocycles. The molecule has 3 atom stereocenters. The maximum Gasteiger partial charge on any atom is 0.0466 e. The number of nitrogens with one attached hydrogen (secondary N) is 1. The van der Waals surface area contributed by atoms with Crippen LogP contribution in [0.25, 0.3) is 0 Å². The Morgan fingerprint density at radius 2 is 2.16 bits per heavy atom. The van der Waals surface area contributed by atoms with E-state index >= 15 is 0 Å². The van der Waals surface area contributed by atoms with Crippen LogP contribution in [0.2, 0.25) is 0 Å². The van der Waals surface area contributed by atoms with Gasteiger partial charge in [0.1, 0.15) is 0 Å². The topological polar surface area (TPSA) is 24.9 Å². The van der Waals surface area contributed by atoms with E-state index in [-0.39, 0.29) is 0 Å². The van der Waals surface area contributed by atoms with Crippen LogP contribution in [0.4, 0.5) is 0 Å². The molecule has 0 bridgehead atoms. The van der Waals surface area contributed by atoms with Gasteiger partial charge in [-0.15, -0.1) is 0 Å². The highest BCUT2D eigenvalue weighted by atomic mass is 32.2. The summed E-state index contributed by atoms with van der Waals surface area (Å²) in [4.78, 5) is 4.47. The van der Waals surface area contributed by atoms with Gasteiger partial charge in [0.2, 0.25) is 0 Å². The van der Waals surface area contributed by atoms with Crippen molar-refractivity contribution in [2.45, 2.75) is 43.7 Å². The fourth-order valence-electron chi connectivity index (χ4n) is 2.40. The Hall–Kier alpha value is -0.190. The first-order valence-electron chi connectivity index (χ1n) is 7.11. The molecule has 0 aromatic carbocycles. The molecular weight excluding hydrogens is 272 g/mol. The molecule has 1 aliphatic heterocycles. The highest BCUT2D eigenvalue weighted by Crippen LogP contribution is 2.38. The third-order valence-electron chi connectivity index (χ3n) is 3.47. The highest BCUT2D eigenvalue weighted by molar-refractivity contribution is 8.07. The standard InChI is InChI=1S/C15H24N2S2/c1-4-7-16-14(13-6-5-11(2)17-10-13)15-12(3)18-8-9-19-15/h5-6,10,12,14-16H,4,7-9H2,1-3H3. The lowest BCUT2D eigenvalue weighted by molar-refractivity contribution is 0.507. The lowest BCUT2D eigenvalue weighted by Crippen LogP contribution is -2.38. The second-order valence-corrected chi connectivity index (χ2v) is 7.85. The summed E-state index contributed by atoms with van der Waals surface area (Å²) in [5.41, 5.74) is 2.43. The monoisotopic (exact) mass is 296 g/mol. The van der Waals surface area contributed by atoms with E-state index in [1.165, 1.54) is 23.5 Å². The predicted octanol–water partition coefficient (Wildman–Crippen LogP) is 3.67. The van der Waals surface area contributed by atoms with Crippen LogP contribution >= 0.6 is 23.5 Å². The number of hydrogen-bond donors (Lipinski definition) is 1. The van der Waals surface area contributed by atoms with Crippen LogP contribution in [0.3, 0.4) is 0 Å².